The first kappa shape index (κ1) is 39.3. The van der Waals surface area contributed by atoms with Crippen LogP contribution in [0, 0.1) is 28.6 Å². The van der Waals surface area contributed by atoms with E-state index >= 15 is 0 Å². The van der Waals surface area contributed by atoms with Crippen molar-refractivity contribution in [1.82, 2.24) is 26.2 Å². The predicted molar refractivity (Wildman–Crippen MR) is 195 cm³/mol. The number of nitrogens with one attached hydrogen (secondary N) is 4. The molecular formula is C38H61N5O7S. The zero-order valence-corrected chi connectivity index (χ0v) is 32.4. The van der Waals surface area contributed by atoms with Gasteiger partial charge in [-0.2, -0.15) is 0 Å². The SMILES string of the molecule is C=CCNC(=O)C(=O)C(CC1CC1)NC(=O)[C@@H]1[C@@H]2C(CN1C(=O)[C@@H](NC(=O)NC1(CS(=O)(=O)C(C)(C)C)CCCCC1)C(C)(C)C)C21CCCC1. The van der Waals surface area contributed by atoms with Crippen LogP contribution < -0.4 is 21.3 Å². The third-order valence-electron chi connectivity index (χ3n) is 12.4. The van der Waals surface area contributed by atoms with Crippen molar-refractivity contribution in [2.24, 2.45) is 28.6 Å². The topological polar surface area (TPSA) is 171 Å². The maximum atomic E-state index is 14.6. The number of ketones is 1. The van der Waals surface area contributed by atoms with E-state index in [9.17, 15) is 32.4 Å². The number of hydrogen-bond acceptors (Lipinski definition) is 7. The Hall–Kier alpha value is -2.96. The van der Waals surface area contributed by atoms with E-state index in [0.717, 1.165) is 57.8 Å². The van der Waals surface area contributed by atoms with E-state index in [1.54, 1.807) is 25.7 Å². The largest absolute Gasteiger partial charge is 0.346 e. The van der Waals surface area contributed by atoms with Crippen LogP contribution in [0.2, 0.25) is 0 Å². The highest BCUT2D eigenvalue weighted by atomic mass is 32.2. The second-order valence-corrected chi connectivity index (χ2v) is 21.0. The molecule has 0 radical (unpaired) electrons. The van der Waals surface area contributed by atoms with Crippen molar-refractivity contribution >= 4 is 39.4 Å². The smallest absolute Gasteiger partial charge is 0.315 e. The first-order chi connectivity index (χ1) is 23.8. The van der Waals surface area contributed by atoms with E-state index in [0.29, 0.717) is 25.8 Å². The molecule has 5 rings (SSSR count). The fraction of sp³-hybridized carbons (Fsp3) is 0.816. The molecule has 286 valence electrons. The average molecular weight is 732 g/mol. The molecule has 0 bridgehead atoms. The molecule has 5 aliphatic rings. The molecule has 13 heteroatoms. The molecule has 1 aliphatic heterocycles. The molecule has 4 saturated carbocycles. The lowest BCUT2D eigenvalue weighted by atomic mass is 9.83. The summed E-state index contributed by atoms with van der Waals surface area (Å²) in [6.07, 6.45) is 11.4. The number of amides is 5. The van der Waals surface area contributed by atoms with Crippen LogP contribution in [0.25, 0.3) is 0 Å². The van der Waals surface area contributed by atoms with Gasteiger partial charge in [-0.25, -0.2) is 13.2 Å². The number of urea groups is 1. The molecule has 0 aromatic carbocycles. The van der Waals surface area contributed by atoms with Gasteiger partial charge in [-0.3, -0.25) is 19.2 Å². The van der Waals surface area contributed by atoms with Crippen LogP contribution in [0.3, 0.4) is 0 Å². The van der Waals surface area contributed by atoms with E-state index in [-0.39, 0.29) is 41.4 Å². The number of nitrogens with zero attached hydrogens (tertiary/aromatic N) is 1. The Balaban J connectivity index is 1.37. The molecule has 5 atom stereocenters. The molecule has 2 unspecified atom stereocenters. The molecule has 0 aromatic heterocycles. The molecule has 1 saturated heterocycles. The predicted octanol–water partition coefficient (Wildman–Crippen LogP) is 3.79. The second-order valence-electron chi connectivity index (χ2n) is 18.2. The summed E-state index contributed by atoms with van der Waals surface area (Å²) >= 11 is 0. The van der Waals surface area contributed by atoms with Crippen molar-refractivity contribution < 1.29 is 32.4 Å². The number of rotatable bonds is 13. The molecule has 4 aliphatic carbocycles. The van der Waals surface area contributed by atoms with Crippen LogP contribution in [0.15, 0.2) is 12.7 Å². The van der Waals surface area contributed by atoms with E-state index in [4.69, 9.17) is 0 Å². The Bertz CT molecular complexity index is 1500. The van der Waals surface area contributed by atoms with Gasteiger partial charge in [0.2, 0.25) is 17.6 Å². The highest BCUT2D eigenvalue weighted by Crippen LogP contribution is 2.72. The van der Waals surface area contributed by atoms with Crippen LogP contribution in [0.1, 0.15) is 119 Å². The van der Waals surface area contributed by atoms with Crippen LogP contribution >= 0.6 is 0 Å². The molecule has 5 fully saturated rings. The highest BCUT2D eigenvalue weighted by molar-refractivity contribution is 7.92. The van der Waals surface area contributed by atoms with Gasteiger partial charge in [0.15, 0.2) is 9.84 Å². The number of carbonyl (C=O) groups is 5. The Labute approximate surface area is 304 Å². The van der Waals surface area contributed by atoms with Gasteiger partial charge in [-0.15, -0.1) is 6.58 Å². The van der Waals surface area contributed by atoms with Gasteiger partial charge in [-0.05, 0) is 81.5 Å². The van der Waals surface area contributed by atoms with E-state index < -0.39 is 67.3 Å². The number of Topliss-reactive ketones (excluding diaryl/α,β-unsaturated/α-hetero) is 1. The average Bonchev–Trinajstić information content (AvgIpc) is 3.81. The number of hydrogen-bond donors (Lipinski definition) is 4. The zero-order valence-electron chi connectivity index (χ0n) is 31.6. The quantitative estimate of drug-likeness (QED) is 0.165. The van der Waals surface area contributed by atoms with Crippen LogP contribution in [-0.4, -0.2) is 90.1 Å². The zero-order chi connectivity index (χ0) is 37.6. The van der Waals surface area contributed by atoms with E-state index in [2.05, 4.69) is 27.8 Å². The summed E-state index contributed by atoms with van der Waals surface area (Å²) in [5.41, 5.74) is -1.71. The molecule has 51 heavy (non-hydrogen) atoms. The monoisotopic (exact) mass is 731 g/mol. The maximum Gasteiger partial charge on any atom is 0.315 e. The minimum Gasteiger partial charge on any atom is -0.346 e. The molecule has 5 amide bonds. The van der Waals surface area contributed by atoms with Crippen molar-refractivity contribution in [1.29, 1.82) is 0 Å². The lowest BCUT2D eigenvalue weighted by molar-refractivity contribution is -0.145. The van der Waals surface area contributed by atoms with Gasteiger partial charge in [0.1, 0.15) is 12.1 Å². The van der Waals surface area contributed by atoms with Crippen LogP contribution in [-0.2, 0) is 29.0 Å². The fourth-order valence-electron chi connectivity index (χ4n) is 9.15. The number of likely N-dealkylation sites (tertiary alicyclic amines) is 1. The Morgan fingerprint density at radius 3 is 2.06 bits per heavy atom. The Kier molecular flexibility index (Phi) is 11.1. The van der Waals surface area contributed by atoms with Crippen molar-refractivity contribution in [2.45, 2.75) is 147 Å². The van der Waals surface area contributed by atoms with Crippen LogP contribution in [0.5, 0.6) is 0 Å². The normalized spacial score (nSPS) is 26.4. The lowest BCUT2D eigenvalue weighted by Gasteiger charge is -2.41. The van der Waals surface area contributed by atoms with E-state index in [1.807, 2.05) is 20.8 Å². The number of sulfone groups is 1. The van der Waals surface area contributed by atoms with E-state index in [1.165, 1.54) is 6.08 Å². The number of carbonyl (C=O) groups excluding carboxylic acids is 5. The van der Waals surface area contributed by atoms with Gasteiger partial charge >= 0.3 is 6.03 Å². The van der Waals surface area contributed by atoms with Gasteiger partial charge in [0.05, 0.1) is 22.1 Å². The molecule has 4 N–H and O–H groups in total. The maximum absolute atomic E-state index is 14.6. The van der Waals surface area contributed by atoms with Crippen molar-refractivity contribution in [3.63, 3.8) is 0 Å². The van der Waals surface area contributed by atoms with Crippen molar-refractivity contribution in [2.75, 3.05) is 18.8 Å². The summed E-state index contributed by atoms with van der Waals surface area (Å²) in [6.45, 7) is 14.7. The van der Waals surface area contributed by atoms with Gasteiger partial charge < -0.3 is 26.2 Å². The standard InChI is InChI=1S/C38H61N5O7S/c1-8-20-39-32(46)29(44)26(21-24-14-15-24)40-31(45)28-27-25(38(27)18-12-13-19-38)22-43(28)33(47)30(35(2,3)4)41-34(48)42-37(16-10-9-11-17-37)23-51(49,50)36(5,6)7/h8,24-28,30H,1,9-23H2,2-7H3,(H,39,46)(H,40,45)(H2,41,42,48)/t25?,26?,27-,28-,30+/m0/s1. The minimum absolute atomic E-state index is 0.00986. The third kappa shape index (κ3) is 8.33. The van der Waals surface area contributed by atoms with Gasteiger partial charge in [0, 0.05) is 13.1 Å². The second kappa shape index (κ2) is 14.5. The Morgan fingerprint density at radius 2 is 1.51 bits per heavy atom. The van der Waals surface area contributed by atoms with Crippen molar-refractivity contribution in [3.8, 4) is 0 Å². The third-order valence-corrected chi connectivity index (χ3v) is 15.2. The first-order valence-electron chi connectivity index (χ1n) is 19.1. The number of piperidine rings is 1. The minimum atomic E-state index is -3.56. The Morgan fingerprint density at radius 1 is 0.902 bits per heavy atom. The summed E-state index contributed by atoms with van der Waals surface area (Å²) in [7, 11) is -3.56. The molecule has 0 aromatic rings. The number of fused-ring (bicyclic) bond motifs is 3. The van der Waals surface area contributed by atoms with Gasteiger partial charge in [-0.1, -0.05) is 71.8 Å². The van der Waals surface area contributed by atoms with Crippen LogP contribution in [0.4, 0.5) is 4.79 Å². The summed E-state index contributed by atoms with van der Waals surface area (Å²) in [5.74, 6) is -2.13. The molecule has 12 nitrogen and oxygen atoms in total. The highest BCUT2D eigenvalue weighted by Gasteiger charge is 2.74. The lowest BCUT2D eigenvalue weighted by Crippen LogP contribution is -2.64. The van der Waals surface area contributed by atoms with Gasteiger partial charge in [0.25, 0.3) is 5.91 Å². The first-order valence-corrected chi connectivity index (χ1v) is 20.8. The molecule has 1 heterocycles. The summed E-state index contributed by atoms with van der Waals surface area (Å²) in [4.78, 5) is 70.4. The molecule has 1 spiro atoms. The summed E-state index contributed by atoms with van der Waals surface area (Å²) in [5, 5.41) is 11.4. The van der Waals surface area contributed by atoms with Crippen molar-refractivity contribution in [3.05, 3.63) is 12.7 Å². The summed E-state index contributed by atoms with van der Waals surface area (Å²) in [6, 6.07) is -3.45. The fourth-order valence-corrected chi connectivity index (χ4v) is 10.7. The molecular weight excluding hydrogens is 671 g/mol. The summed E-state index contributed by atoms with van der Waals surface area (Å²) < 4.78 is 25.7.